The van der Waals surface area contributed by atoms with Crippen molar-refractivity contribution in [2.75, 3.05) is 6.35 Å². The Hall–Kier alpha value is -2.63. The second-order valence-corrected chi connectivity index (χ2v) is 9.78. The van der Waals surface area contributed by atoms with E-state index in [-0.39, 0.29) is 0 Å². The SMILES string of the molecule is c1ccc([P+]2(c3ccccc3)COc3c2ccc2ccccc32)cc1. The van der Waals surface area contributed by atoms with E-state index in [4.69, 9.17) is 4.74 Å². The second-order valence-electron chi connectivity index (χ2n) is 6.39. The lowest BCUT2D eigenvalue weighted by Crippen LogP contribution is -2.30. The van der Waals surface area contributed by atoms with Crippen LogP contribution in [-0.4, -0.2) is 6.35 Å². The van der Waals surface area contributed by atoms with E-state index in [2.05, 4.69) is 97.1 Å². The summed E-state index contributed by atoms with van der Waals surface area (Å²) in [7, 11) is -1.77. The molecule has 0 spiro atoms. The molecule has 0 unspecified atom stereocenters. The summed E-state index contributed by atoms with van der Waals surface area (Å²) >= 11 is 0. The first-order valence-corrected chi connectivity index (χ1v) is 10.5. The van der Waals surface area contributed by atoms with Crippen molar-refractivity contribution in [2.24, 2.45) is 0 Å². The highest BCUT2D eigenvalue weighted by atomic mass is 31.2. The molecule has 4 aromatic carbocycles. The Morgan fingerprint density at radius 3 is 1.88 bits per heavy atom. The molecule has 120 valence electrons. The maximum absolute atomic E-state index is 6.39. The Kier molecular flexibility index (Phi) is 3.36. The van der Waals surface area contributed by atoms with Crippen LogP contribution in [0.1, 0.15) is 0 Å². The smallest absolute Gasteiger partial charge is 0.211 e. The number of hydrogen-bond acceptors (Lipinski definition) is 1. The summed E-state index contributed by atoms with van der Waals surface area (Å²) in [5.74, 6) is 1.07. The number of ether oxygens (including phenoxy) is 1. The third-order valence-corrected chi connectivity index (χ3v) is 9.12. The molecule has 0 saturated carbocycles. The zero-order valence-corrected chi connectivity index (χ0v) is 14.7. The average molecular weight is 341 g/mol. The molecule has 0 fully saturated rings. The van der Waals surface area contributed by atoms with E-state index in [0.717, 1.165) is 12.1 Å². The standard InChI is InChI=1S/C23H18OP/c1-3-10-19(11-4-1)25(20-12-5-2-6-13-20)17-24-23-21-14-8-7-9-18(21)15-16-22(23)25/h1-16H,17H2/q+1. The normalized spacial score (nSPS) is 14.9. The van der Waals surface area contributed by atoms with Gasteiger partial charge in [0.25, 0.3) is 0 Å². The van der Waals surface area contributed by atoms with Gasteiger partial charge < -0.3 is 4.74 Å². The quantitative estimate of drug-likeness (QED) is 0.488. The predicted molar refractivity (Wildman–Crippen MR) is 108 cm³/mol. The minimum Gasteiger partial charge on any atom is -0.453 e. The van der Waals surface area contributed by atoms with Crippen LogP contribution in [0, 0.1) is 0 Å². The molecule has 1 aliphatic rings. The molecule has 0 aliphatic carbocycles. The zero-order chi connectivity index (χ0) is 16.7. The molecule has 5 rings (SSSR count). The summed E-state index contributed by atoms with van der Waals surface area (Å²) in [5.41, 5.74) is 0. The van der Waals surface area contributed by atoms with Gasteiger partial charge in [-0.3, -0.25) is 0 Å². The lowest BCUT2D eigenvalue weighted by Gasteiger charge is -2.20. The number of benzene rings is 4. The molecule has 0 aromatic heterocycles. The first-order chi connectivity index (χ1) is 12.4. The minimum atomic E-state index is -1.77. The van der Waals surface area contributed by atoms with Gasteiger partial charge >= 0.3 is 0 Å². The zero-order valence-electron chi connectivity index (χ0n) is 13.8. The van der Waals surface area contributed by atoms with E-state index >= 15 is 0 Å². The third kappa shape index (κ3) is 2.13. The van der Waals surface area contributed by atoms with Gasteiger partial charge in [-0.2, -0.15) is 0 Å². The summed E-state index contributed by atoms with van der Waals surface area (Å²) < 4.78 is 6.39. The molecular weight excluding hydrogens is 323 g/mol. The van der Waals surface area contributed by atoms with Crippen LogP contribution in [0.4, 0.5) is 0 Å². The summed E-state index contributed by atoms with van der Waals surface area (Å²) in [5, 5.41) is 6.59. The van der Waals surface area contributed by atoms with Crippen molar-refractivity contribution in [1.82, 2.24) is 0 Å². The van der Waals surface area contributed by atoms with Crippen LogP contribution in [0.2, 0.25) is 0 Å². The highest BCUT2D eigenvalue weighted by molar-refractivity contribution is 7.96. The Labute approximate surface area is 148 Å². The van der Waals surface area contributed by atoms with E-state index < -0.39 is 7.26 Å². The number of rotatable bonds is 2. The van der Waals surface area contributed by atoms with Crippen molar-refractivity contribution in [3.8, 4) is 5.75 Å². The van der Waals surface area contributed by atoms with Crippen LogP contribution < -0.4 is 20.7 Å². The van der Waals surface area contributed by atoms with E-state index in [1.807, 2.05) is 0 Å². The first-order valence-electron chi connectivity index (χ1n) is 8.54. The topological polar surface area (TPSA) is 9.23 Å². The van der Waals surface area contributed by atoms with Crippen molar-refractivity contribution >= 4 is 33.9 Å². The van der Waals surface area contributed by atoms with Gasteiger partial charge in [0.1, 0.15) is 10.6 Å². The molecule has 0 amide bonds. The average Bonchev–Trinajstić information content (AvgIpc) is 3.10. The van der Waals surface area contributed by atoms with Crippen LogP contribution >= 0.6 is 7.26 Å². The van der Waals surface area contributed by atoms with Gasteiger partial charge in [0.2, 0.25) is 6.35 Å². The molecule has 1 aliphatic heterocycles. The summed E-state index contributed by atoms with van der Waals surface area (Å²) in [6.45, 7) is 0. The Balaban J connectivity index is 1.85. The van der Waals surface area contributed by atoms with Crippen LogP contribution in [0.15, 0.2) is 97.1 Å². The first kappa shape index (κ1) is 14.7. The van der Waals surface area contributed by atoms with Gasteiger partial charge in [-0.15, -0.1) is 0 Å². The number of fused-ring (bicyclic) bond motifs is 3. The lowest BCUT2D eigenvalue weighted by atomic mass is 10.1. The monoisotopic (exact) mass is 341 g/mol. The minimum absolute atomic E-state index is 0.740. The van der Waals surface area contributed by atoms with Crippen molar-refractivity contribution in [2.45, 2.75) is 0 Å². The van der Waals surface area contributed by atoms with Gasteiger partial charge in [0.15, 0.2) is 18.3 Å². The summed E-state index contributed by atoms with van der Waals surface area (Å²) in [6, 6.07) is 34.8. The molecule has 1 nitrogen and oxygen atoms in total. The molecule has 2 heteroatoms. The highest BCUT2D eigenvalue weighted by Gasteiger charge is 2.53. The van der Waals surface area contributed by atoms with Crippen LogP contribution in [-0.2, 0) is 0 Å². The third-order valence-electron chi connectivity index (χ3n) is 5.07. The van der Waals surface area contributed by atoms with Gasteiger partial charge in [-0.05, 0) is 35.7 Å². The largest absolute Gasteiger partial charge is 0.453 e. The fourth-order valence-electron chi connectivity index (χ4n) is 3.86. The molecule has 0 bridgehead atoms. The molecule has 25 heavy (non-hydrogen) atoms. The van der Waals surface area contributed by atoms with Crippen LogP contribution in [0.5, 0.6) is 5.75 Å². The predicted octanol–water partition coefficient (Wildman–Crippen LogP) is 4.48. The molecule has 0 atom stereocenters. The van der Waals surface area contributed by atoms with E-state index in [1.165, 1.54) is 26.7 Å². The van der Waals surface area contributed by atoms with Crippen LogP contribution in [0.25, 0.3) is 10.8 Å². The van der Waals surface area contributed by atoms with Gasteiger partial charge in [0.05, 0.1) is 0 Å². The lowest BCUT2D eigenvalue weighted by molar-refractivity contribution is 0.406. The second kappa shape index (κ2) is 5.72. The Bertz CT molecular complexity index is 1000. The van der Waals surface area contributed by atoms with Crippen molar-refractivity contribution in [1.29, 1.82) is 0 Å². The van der Waals surface area contributed by atoms with E-state index in [1.54, 1.807) is 0 Å². The van der Waals surface area contributed by atoms with Gasteiger partial charge in [0, 0.05) is 5.39 Å². The maximum atomic E-state index is 6.39. The van der Waals surface area contributed by atoms with Gasteiger partial charge in [-0.25, -0.2) is 0 Å². The Morgan fingerprint density at radius 2 is 1.20 bits per heavy atom. The van der Waals surface area contributed by atoms with Crippen LogP contribution in [0.3, 0.4) is 0 Å². The molecule has 4 aromatic rings. The maximum Gasteiger partial charge on any atom is 0.211 e. The van der Waals surface area contributed by atoms with E-state index in [9.17, 15) is 0 Å². The highest BCUT2D eigenvalue weighted by Crippen LogP contribution is 2.61. The molecule has 0 N–H and O–H groups in total. The van der Waals surface area contributed by atoms with Crippen molar-refractivity contribution < 1.29 is 4.74 Å². The molecular formula is C23H18OP+. The molecule has 1 heterocycles. The Morgan fingerprint density at radius 1 is 0.600 bits per heavy atom. The summed E-state index contributed by atoms with van der Waals surface area (Å²) in [4.78, 5) is 0. The fourth-order valence-corrected chi connectivity index (χ4v) is 7.69. The molecule has 0 radical (unpaired) electrons. The fraction of sp³-hybridized carbons (Fsp3) is 0.0435. The van der Waals surface area contributed by atoms with E-state index in [0.29, 0.717) is 0 Å². The van der Waals surface area contributed by atoms with Crippen molar-refractivity contribution in [3.05, 3.63) is 97.1 Å². The van der Waals surface area contributed by atoms with Crippen molar-refractivity contribution in [3.63, 3.8) is 0 Å². The van der Waals surface area contributed by atoms with Gasteiger partial charge in [-0.1, -0.05) is 66.7 Å². The summed E-state index contributed by atoms with van der Waals surface area (Å²) in [6.07, 6.45) is 0.740. The molecule has 0 saturated heterocycles. The number of hydrogen-bond donors (Lipinski definition) is 0.